The summed E-state index contributed by atoms with van der Waals surface area (Å²) >= 11 is 4.99. The largest absolute Gasteiger partial charge is 0.331 e. The minimum Gasteiger partial charge on any atom is -0.331 e. The van der Waals surface area contributed by atoms with Crippen LogP contribution in [0.3, 0.4) is 0 Å². The molecule has 3 aromatic rings. The molecule has 0 spiro atoms. The Morgan fingerprint density at radius 2 is 2.15 bits per heavy atom. The van der Waals surface area contributed by atoms with Crippen LogP contribution in [0.1, 0.15) is 12.5 Å². The van der Waals surface area contributed by atoms with E-state index in [4.69, 9.17) is 0 Å². The van der Waals surface area contributed by atoms with Crippen LogP contribution in [-0.2, 0) is 6.54 Å². The number of aromatic amines is 2. The van der Waals surface area contributed by atoms with E-state index in [1.165, 1.54) is 15.9 Å². The third kappa shape index (κ3) is 1.95. The Morgan fingerprint density at radius 1 is 1.40 bits per heavy atom. The summed E-state index contributed by atoms with van der Waals surface area (Å²) in [4.78, 5) is 34.2. The second-order valence-electron chi connectivity index (χ2n) is 4.35. The van der Waals surface area contributed by atoms with Gasteiger partial charge in [0.15, 0.2) is 11.5 Å². The van der Waals surface area contributed by atoms with Gasteiger partial charge in [0.1, 0.15) is 5.52 Å². The van der Waals surface area contributed by atoms with Crippen LogP contribution in [0.2, 0.25) is 0 Å². The fourth-order valence-corrected chi connectivity index (χ4v) is 3.51. The summed E-state index contributed by atoms with van der Waals surface area (Å²) in [5.74, 6) is 0.595. The van der Waals surface area contributed by atoms with Crippen molar-refractivity contribution in [2.45, 2.75) is 20.4 Å². The summed E-state index contributed by atoms with van der Waals surface area (Å²) in [5.41, 5.74) is 0.932. The standard InChI is InChI=1S/C12H11BrN4O2S/c1-3-17-10-7(11(18)16-12(17)19)14-9(15-10)6-4-5(2)8(13)20-6/h4H,3H2,1-2H3,(H,14,15)(H,16,18,19). The van der Waals surface area contributed by atoms with Gasteiger partial charge in [0.25, 0.3) is 5.56 Å². The van der Waals surface area contributed by atoms with Gasteiger partial charge in [-0.1, -0.05) is 0 Å². The van der Waals surface area contributed by atoms with Crippen molar-refractivity contribution in [3.63, 3.8) is 0 Å². The predicted molar refractivity (Wildman–Crippen MR) is 82.4 cm³/mol. The van der Waals surface area contributed by atoms with Crippen molar-refractivity contribution in [3.05, 3.63) is 36.3 Å². The molecule has 0 aliphatic heterocycles. The number of aryl methyl sites for hydroxylation is 2. The maximum absolute atomic E-state index is 11.8. The van der Waals surface area contributed by atoms with E-state index in [1.54, 1.807) is 0 Å². The van der Waals surface area contributed by atoms with E-state index in [-0.39, 0.29) is 0 Å². The highest BCUT2D eigenvalue weighted by molar-refractivity contribution is 9.11. The van der Waals surface area contributed by atoms with Crippen LogP contribution in [0.15, 0.2) is 19.4 Å². The molecule has 0 saturated carbocycles. The first-order valence-electron chi connectivity index (χ1n) is 6.00. The number of nitrogens with one attached hydrogen (secondary N) is 2. The van der Waals surface area contributed by atoms with Crippen molar-refractivity contribution >= 4 is 38.4 Å². The fraction of sp³-hybridized carbons (Fsp3) is 0.250. The molecule has 0 saturated heterocycles. The summed E-state index contributed by atoms with van der Waals surface area (Å²) in [7, 11) is 0. The molecule has 2 N–H and O–H groups in total. The van der Waals surface area contributed by atoms with Gasteiger partial charge in [-0.25, -0.2) is 9.78 Å². The fourth-order valence-electron chi connectivity index (χ4n) is 2.03. The maximum Gasteiger partial charge on any atom is 0.330 e. The summed E-state index contributed by atoms with van der Waals surface area (Å²) in [6, 6.07) is 1.98. The van der Waals surface area contributed by atoms with Crippen LogP contribution in [0.25, 0.3) is 21.9 Å². The first-order valence-corrected chi connectivity index (χ1v) is 7.61. The number of H-pyrrole nitrogens is 2. The monoisotopic (exact) mass is 354 g/mol. The van der Waals surface area contributed by atoms with E-state index < -0.39 is 11.2 Å². The SMILES string of the molecule is CCn1c(=O)[nH]c(=O)c2[nH]c(-c3cc(C)c(Br)s3)nc21. The lowest BCUT2D eigenvalue weighted by molar-refractivity contribution is 0.720. The van der Waals surface area contributed by atoms with Crippen LogP contribution in [0.5, 0.6) is 0 Å². The molecule has 0 aliphatic rings. The molecule has 104 valence electrons. The zero-order valence-electron chi connectivity index (χ0n) is 10.8. The number of imidazole rings is 1. The molecule has 0 bridgehead atoms. The third-order valence-electron chi connectivity index (χ3n) is 3.04. The first kappa shape index (κ1) is 13.3. The topological polar surface area (TPSA) is 83.5 Å². The van der Waals surface area contributed by atoms with Gasteiger partial charge in [-0.2, -0.15) is 0 Å². The van der Waals surface area contributed by atoms with E-state index in [1.807, 2.05) is 19.9 Å². The molecular formula is C12H11BrN4O2S. The van der Waals surface area contributed by atoms with Crippen LogP contribution in [0.4, 0.5) is 0 Å². The van der Waals surface area contributed by atoms with Gasteiger partial charge in [0.2, 0.25) is 0 Å². The van der Waals surface area contributed by atoms with Crippen LogP contribution >= 0.6 is 27.3 Å². The molecule has 0 radical (unpaired) electrons. The quantitative estimate of drug-likeness (QED) is 0.740. The number of halogens is 1. The van der Waals surface area contributed by atoms with Crippen LogP contribution < -0.4 is 11.2 Å². The van der Waals surface area contributed by atoms with Crippen molar-refractivity contribution in [2.24, 2.45) is 0 Å². The molecule has 3 heterocycles. The molecule has 8 heteroatoms. The number of rotatable bonds is 2. The van der Waals surface area contributed by atoms with E-state index in [0.29, 0.717) is 23.5 Å². The summed E-state index contributed by atoms with van der Waals surface area (Å²) in [5, 5.41) is 0. The van der Waals surface area contributed by atoms with Crippen molar-refractivity contribution in [2.75, 3.05) is 0 Å². The molecular weight excluding hydrogens is 344 g/mol. The summed E-state index contributed by atoms with van der Waals surface area (Å²) < 4.78 is 2.46. The highest BCUT2D eigenvalue weighted by Crippen LogP contribution is 2.33. The second kappa shape index (κ2) is 4.71. The van der Waals surface area contributed by atoms with Gasteiger partial charge in [-0.3, -0.25) is 14.3 Å². The van der Waals surface area contributed by atoms with E-state index in [2.05, 4.69) is 30.9 Å². The lowest BCUT2D eigenvalue weighted by Gasteiger charge is -1.99. The third-order valence-corrected chi connectivity index (χ3v) is 5.18. The molecule has 6 nitrogen and oxygen atoms in total. The normalized spacial score (nSPS) is 11.3. The van der Waals surface area contributed by atoms with Gasteiger partial charge in [0.05, 0.1) is 8.66 Å². The molecule has 0 unspecified atom stereocenters. The van der Waals surface area contributed by atoms with Crippen LogP contribution in [-0.4, -0.2) is 19.5 Å². The molecule has 0 aliphatic carbocycles. The smallest absolute Gasteiger partial charge is 0.330 e. The van der Waals surface area contributed by atoms with Gasteiger partial charge in [-0.15, -0.1) is 11.3 Å². The van der Waals surface area contributed by atoms with Gasteiger partial charge >= 0.3 is 5.69 Å². The van der Waals surface area contributed by atoms with Crippen molar-refractivity contribution in [1.82, 2.24) is 19.5 Å². The maximum atomic E-state index is 11.8. The van der Waals surface area contributed by atoms with Crippen molar-refractivity contribution in [3.8, 4) is 10.7 Å². The zero-order valence-corrected chi connectivity index (χ0v) is 13.2. The second-order valence-corrected chi connectivity index (χ2v) is 6.73. The Labute approximate surface area is 125 Å². The highest BCUT2D eigenvalue weighted by Gasteiger charge is 2.15. The van der Waals surface area contributed by atoms with Crippen molar-refractivity contribution in [1.29, 1.82) is 0 Å². The van der Waals surface area contributed by atoms with E-state index in [0.717, 1.165) is 14.2 Å². The zero-order chi connectivity index (χ0) is 14.4. The average Bonchev–Trinajstić information content (AvgIpc) is 2.95. The number of nitrogens with zero attached hydrogens (tertiary/aromatic N) is 2. The first-order chi connectivity index (χ1) is 9.51. The van der Waals surface area contributed by atoms with Crippen LogP contribution in [0, 0.1) is 6.92 Å². The van der Waals surface area contributed by atoms with Gasteiger partial charge in [-0.05, 0) is 41.4 Å². The number of hydrogen-bond donors (Lipinski definition) is 2. The Balaban J connectivity index is 2.33. The lowest BCUT2D eigenvalue weighted by atomic mass is 10.3. The molecule has 0 amide bonds. The van der Waals surface area contributed by atoms with E-state index in [9.17, 15) is 9.59 Å². The minimum absolute atomic E-state index is 0.323. The van der Waals surface area contributed by atoms with Crippen molar-refractivity contribution < 1.29 is 0 Å². The Morgan fingerprint density at radius 3 is 2.75 bits per heavy atom. The summed E-state index contributed by atoms with van der Waals surface area (Å²) in [6.07, 6.45) is 0. The summed E-state index contributed by atoms with van der Waals surface area (Å²) in [6.45, 7) is 4.27. The number of aromatic nitrogens is 4. The molecule has 0 atom stereocenters. The minimum atomic E-state index is -0.444. The Kier molecular flexibility index (Phi) is 3.14. The molecule has 3 rings (SSSR count). The lowest BCUT2D eigenvalue weighted by Crippen LogP contribution is -2.29. The average molecular weight is 355 g/mol. The number of fused-ring (bicyclic) bond motifs is 1. The van der Waals surface area contributed by atoms with Gasteiger partial charge < -0.3 is 4.98 Å². The molecule has 20 heavy (non-hydrogen) atoms. The molecule has 3 aromatic heterocycles. The predicted octanol–water partition coefficient (Wildman–Crippen LogP) is 2.23. The molecule has 0 aromatic carbocycles. The Bertz CT molecular complexity index is 898. The molecule has 0 fully saturated rings. The Hall–Kier alpha value is -1.67. The number of hydrogen-bond acceptors (Lipinski definition) is 4. The van der Waals surface area contributed by atoms with E-state index >= 15 is 0 Å². The highest BCUT2D eigenvalue weighted by atomic mass is 79.9. The van der Waals surface area contributed by atoms with Gasteiger partial charge in [0, 0.05) is 6.54 Å². The number of thiophene rings is 1.